The van der Waals surface area contributed by atoms with Crippen LogP contribution < -0.4 is 4.90 Å². The molecule has 2 aromatic rings. The fraction of sp³-hybridized carbons (Fsp3) is 0.200. The lowest BCUT2D eigenvalue weighted by Gasteiger charge is -2.20. The van der Waals surface area contributed by atoms with Crippen LogP contribution in [0.15, 0.2) is 30.3 Å². The van der Waals surface area contributed by atoms with E-state index in [-0.39, 0.29) is 13.1 Å². The van der Waals surface area contributed by atoms with Crippen molar-refractivity contribution < 1.29 is 4.79 Å². The minimum atomic E-state index is 0.00632. The van der Waals surface area contributed by atoms with E-state index < -0.39 is 0 Å². The summed E-state index contributed by atoms with van der Waals surface area (Å²) in [7, 11) is 0. The lowest BCUT2D eigenvalue weighted by Crippen LogP contribution is -2.27. The summed E-state index contributed by atoms with van der Waals surface area (Å²) < 4.78 is 1.59. The molecule has 0 bridgehead atoms. The Morgan fingerprint density at radius 3 is 2.38 bits per heavy atom. The number of benzene rings is 1. The van der Waals surface area contributed by atoms with Gasteiger partial charge in [-0.25, -0.2) is 4.68 Å². The fourth-order valence-corrected chi connectivity index (χ4v) is 2.10. The van der Waals surface area contributed by atoms with Crippen LogP contribution in [-0.4, -0.2) is 29.2 Å². The van der Waals surface area contributed by atoms with Gasteiger partial charge in [0, 0.05) is 0 Å². The van der Waals surface area contributed by atoms with Crippen molar-refractivity contribution in [2.24, 2.45) is 0 Å². The lowest BCUT2D eigenvalue weighted by molar-refractivity contribution is 0.112. The quantitative estimate of drug-likeness (QED) is 0.615. The minimum absolute atomic E-state index is 0.00632. The molecule has 6 nitrogen and oxygen atoms in total. The van der Waals surface area contributed by atoms with Gasteiger partial charge in [-0.05, 0) is 19.1 Å². The second-order valence-corrected chi connectivity index (χ2v) is 4.36. The molecule has 0 unspecified atom stereocenters. The first-order valence-corrected chi connectivity index (χ1v) is 6.32. The number of hydrogen-bond acceptors (Lipinski definition) is 5. The third-order valence-electron chi connectivity index (χ3n) is 3.02. The molecular weight excluding hydrogens is 266 g/mol. The SMILES string of the molecule is Cc1nn(-c2ccccc2)c(N(CC#N)CC#N)c1C=O. The fourth-order valence-electron chi connectivity index (χ4n) is 2.10. The van der Waals surface area contributed by atoms with Crippen LogP contribution in [0.3, 0.4) is 0 Å². The zero-order valence-electron chi connectivity index (χ0n) is 11.5. The number of para-hydroxylation sites is 1. The van der Waals surface area contributed by atoms with Gasteiger partial charge >= 0.3 is 0 Å². The van der Waals surface area contributed by atoms with Gasteiger partial charge in [-0.3, -0.25) is 4.79 Å². The number of nitriles is 2. The van der Waals surface area contributed by atoms with Gasteiger partial charge in [-0.2, -0.15) is 15.6 Å². The van der Waals surface area contributed by atoms with Gasteiger partial charge in [-0.1, -0.05) is 18.2 Å². The van der Waals surface area contributed by atoms with Gasteiger partial charge in [0.05, 0.1) is 29.1 Å². The Labute approximate surface area is 122 Å². The van der Waals surface area contributed by atoms with Crippen molar-refractivity contribution in [2.75, 3.05) is 18.0 Å². The highest BCUT2D eigenvalue weighted by molar-refractivity contribution is 5.85. The van der Waals surface area contributed by atoms with Crippen LogP contribution in [0.1, 0.15) is 16.1 Å². The molecule has 6 heteroatoms. The molecule has 0 saturated heterocycles. The van der Waals surface area contributed by atoms with E-state index in [0.29, 0.717) is 23.4 Å². The maximum atomic E-state index is 11.4. The van der Waals surface area contributed by atoms with E-state index in [2.05, 4.69) is 5.10 Å². The van der Waals surface area contributed by atoms with Crippen LogP contribution in [0.4, 0.5) is 5.82 Å². The van der Waals surface area contributed by atoms with Gasteiger partial charge in [0.15, 0.2) is 6.29 Å². The number of carbonyl (C=O) groups excluding carboxylic acids is 1. The molecule has 0 N–H and O–H groups in total. The topological polar surface area (TPSA) is 85.7 Å². The van der Waals surface area contributed by atoms with E-state index in [1.54, 1.807) is 11.6 Å². The lowest BCUT2D eigenvalue weighted by atomic mass is 10.2. The Hall–Kier alpha value is -3.12. The molecule has 0 amide bonds. The molecule has 0 fully saturated rings. The highest BCUT2D eigenvalue weighted by Crippen LogP contribution is 2.25. The molecule has 1 heterocycles. The van der Waals surface area contributed by atoms with Crippen LogP contribution >= 0.6 is 0 Å². The summed E-state index contributed by atoms with van der Waals surface area (Å²) in [5.41, 5.74) is 1.72. The molecular formula is C15H13N5O. The van der Waals surface area contributed by atoms with Crippen LogP contribution in [0.25, 0.3) is 5.69 Å². The number of rotatable bonds is 5. The predicted octanol–water partition coefficient (Wildman–Crippen LogP) is 1.85. The van der Waals surface area contributed by atoms with Crippen molar-refractivity contribution in [1.29, 1.82) is 10.5 Å². The van der Waals surface area contributed by atoms with Gasteiger partial charge in [0.25, 0.3) is 0 Å². The molecule has 0 aliphatic rings. The van der Waals surface area contributed by atoms with Crippen LogP contribution in [-0.2, 0) is 0 Å². The highest BCUT2D eigenvalue weighted by atomic mass is 16.1. The standard InChI is InChI=1S/C15H13N5O/c1-12-14(11-21)15(19(9-7-16)10-8-17)20(18-12)13-5-3-2-4-6-13/h2-6,11H,9-10H2,1H3. The number of hydrogen-bond donors (Lipinski definition) is 0. The second kappa shape index (κ2) is 6.36. The molecule has 1 aromatic carbocycles. The number of carbonyl (C=O) groups is 1. The van der Waals surface area contributed by atoms with Crippen LogP contribution in [0, 0.1) is 29.6 Å². The molecule has 2 rings (SSSR count). The molecule has 0 aliphatic heterocycles. The van der Waals surface area contributed by atoms with Gasteiger partial charge in [0.1, 0.15) is 18.9 Å². The average molecular weight is 279 g/mol. The van der Waals surface area contributed by atoms with Gasteiger partial charge < -0.3 is 4.90 Å². The third kappa shape index (κ3) is 2.75. The maximum Gasteiger partial charge on any atom is 0.155 e. The van der Waals surface area contributed by atoms with E-state index in [4.69, 9.17) is 10.5 Å². The number of anilines is 1. The largest absolute Gasteiger partial charge is 0.329 e. The predicted molar refractivity (Wildman–Crippen MR) is 77.1 cm³/mol. The first-order valence-electron chi connectivity index (χ1n) is 6.32. The van der Waals surface area contributed by atoms with E-state index in [9.17, 15) is 4.79 Å². The van der Waals surface area contributed by atoms with E-state index >= 15 is 0 Å². The number of aromatic nitrogens is 2. The Balaban J connectivity index is 2.64. The summed E-state index contributed by atoms with van der Waals surface area (Å²) in [6, 6.07) is 13.3. The Morgan fingerprint density at radius 2 is 1.86 bits per heavy atom. The van der Waals surface area contributed by atoms with Crippen molar-refractivity contribution >= 4 is 12.1 Å². The third-order valence-corrected chi connectivity index (χ3v) is 3.02. The molecule has 21 heavy (non-hydrogen) atoms. The van der Waals surface area contributed by atoms with Gasteiger partial charge in [0.2, 0.25) is 0 Å². The smallest absolute Gasteiger partial charge is 0.155 e. The van der Waals surface area contributed by atoms with Crippen molar-refractivity contribution in [1.82, 2.24) is 9.78 Å². The summed E-state index contributed by atoms with van der Waals surface area (Å²) in [6.07, 6.45) is 0.707. The summed E-state index contributed by atoms with van der Waals surface area (Å²) in [5.74, 6) is 0.469. The zero-order chi connectivity index (χ0) is 15.2. The Morgan fingerprint density at radius 1 is 1.24 bits per heavy atom. The highest BCUT2D eigenvalue weighted by Gasteiger charge is 2.21. The molecule has 0 spiro atoms. The summed E-state index contributed by atoms with van der Waals surface area (Å²) in [6.45, 7) is 1.74. The second-order valence-electron chi connectivity index (χ2n) is 4.36. The maximum absolute atomic E-state index is 11.4. The molecule has 104 valence electrons. The van der Waals surface area contributed by atoms with Crippen molar-refractivity contribution in [3.05, 3.63) is 41.6 Å². The Kier molecular flexibility index (Phi) is 4.33. The molecule has 1 aromatic heterocycles. The van der Waals surface area contributed by atoms with Crippen LogP contribution in [0.2, 0.25) is 0 Å². The normalized spacial score (nSPS) is 9.67. The monoisotopic (exact) mass is 279 g/mol. The number of aryl methyl sites for hydroxylation is 1. The molecule has 0 aliphatic carbocycles. The molecule has 0 atom stereocenters. The first kappa shape index (κ1) is 14.3. The number of aldehydes is 1. The van der Waals surface area contributed by atoms with Gasteiger partial charge in [-0.15, -0.1) is 0 Å². The van der Waals surface area contributed by atoms with Crippen LogP contribution in [0.5, 0.6) is 0 Å². The van der Waals surface area contributed by atoms with Crippen molar-refractivity contribution in [3.8, 4) is 17.8 Å². The molecule has 0 radical (unpaired) electrons. The molecule has 0 saturated carbocycles. The summed E-state index contributed by atoms with van der Waals surface area (Å²) >= 11 is 0. The van der Waals surface area contributed by atoms with Crippen molar-refractivity contribution in [2.45, 2.75) is 6.92 Å². The minimum Gasteiger partial charge on any atom is -0.329 e. The first-order chi connectivity index (χ1) is 10.2. The van der Waals surface area contributed by atoms with Crippen molar-refractivity contribution in [3.63, 3.8) is 0 Å². The Bertz CT molecular complexity index is 705. The van der Waals surface area contributed by atoms with E-state index in [0.717, 1.165) is 5.69 Å². The van der Waals surface area contributed by atoms with E-state index in [1.165, 1.54) is 4.90 Å². The summed E-state index contributed by atoms with van der Waals surface area (Å²) in [5, 5.41) is 22.2. The summed E-state index contributed by atoms with van der Waals surface area (Å²) in [4.78, 5) is 12.9. The van der Waals surface area contributed by atoms with E-state index in [1.807, 2.05) is 42.5 Å². The number of nitrogens with zero attached hydrogens (tertiary/aromatic N) is 5. The average Bonchev–Trinajstić information content (AvgIpc) is 2.84. The zero-order valence-corrected chi connectivity index (χ0v) is 11.5.